The summed E-state index contributed by atoms with van der Waals surface area (Å²) in [6, 6.07) is 11.8. The van der Waals surface area contributed by atoms with Crippen molar-refractivity contribution in [2.45, 2.75) is 0 Å². The van der Waals surface area contributed by atoms with Crippen LogP contribution in [0, 0.1) is 5.82 Å². The predicted octanol–water partition coefficient (Wildman–Crippen LogP) is 4.68. The van der Waals surface area contributed by atoms with Gasteiger partial charge in [0.25, 0.3) is 5.91 Å². The second kappa shape index (κ2) is 5.97. The highest BCUT2D eigenvalue weighted by Gasteiger charge is 2.23. The Kier molecular flexibility index (Phi) is 3.77. The number of amides is 1. The molecule has 1 N–H and O–H groups in total. The number of benzene rings is 2. The fourth-order valence-electron chi connectivity index (χ4n) is 3.06. The molecule has 4 nitrogen and oxygen atoms in total. The molecule has 0 aliphatic heterocycles. The van der Waals surface area contributed by atoms with Gasteiger partial charge in [0.1, 0.15) is 17.2 Å². The van der Waals surface area contributed by atoms with Crippen LogP contribution in [0.3, 0.4) is 0 Å². The number of rotatable bonds is 3. The lowest BCUT2D eigenvalue weighted by molar-refractivity contribution is 0.0964. The summed E-state index contributed by atoms with van der Waals surface area (Å²) in [4.78, 5) is 12.5. The predicted molar refractivity (Wildman–Crippen MR) is 99.4 cm³/mol. The van der Waals surface area contributed by atoms with Crippen molar-refractivity contribution in [3.63, 3.8) is 0 Å². The Balaban J connectivity index is 2.07. The largest absolute Gasteiger partial charge is 0.454 e. The molecule has 0 fully saturated rings. The van der Waals surface area contributed by atoms with Crippen LogP contribution in [0.25, 0.3) is 33.2 Å². The first-order chi connectivity index (χ1) is 12.1. The number of carbonyl (C=O) groups is 1. The lowest BCUT2D eigenvalue weighted by Crippen LogP contribution is -2.18. The maximum Gasteiger partial charge on any atom is 0.255 e. The molecule has 4 aromatic rings. The monoisotopic (exact) mass is 354 g/mol. The van der Waals surface area contributed by atoms with Gasteiger partial charge in [0.15, 0.2) is 0 Å². The van der Waals surface area contributed by atoms with Gasteiger partial charge in [0.05, 0.1) is 11.1 Å². The smallest absolute Gasteiger partial charge is 0.255 e. The Morgan fingerprint density at radius 3 is 2.56 bits per heavy atom. The molecule has 126 valence electrons. The zero-order valence-corrected chi connectivity index (χ0v) is 14.5. The van der Waals surface area contributed by atoms with E-state index in [0.29, 0.717) is 22.5 Å². The molecule has 2 heterocycles. The molecule has 0 unspecified atom stereocenters. The number of hydrogen-bond acceptors (Lipinski definition) is 3. The van der Waals surface area contributed by atoms with Gasteiger partial charge in [-0.25, -0.2) is 4.39 Å². The van der Waals surface area contributed by atoms with Gasteiger partial charge >= 0.3 is 0 Å². The van der Waals surface area contributed by atoms with Crippen molar-refractivity contribution in [3.05, 3.63) is 60.0 Å². The Morgan fingerprint density at radius 2 is 1.88 bits per heavy atom. The minimum atomic E-state index is -0.333. The Morgan fingerprint density at radius 1 is 1.12 bits per heavy atom. The highest BCUT2D eigenvalue weighted by atomic mass is 32.2. The highest BCUT2D eigenvalue weighted by molar-refractivity contribution is 7.97. The van der Waals surface area contributed by atoms with Crippen LogP contribution in [0.2, 0.25) is 0 Å². The standard InChI is InChI=1S/C19H15FN2O2S/c1-21-19(23)16-14-7-8-15-13(9-10-22(15)25-2)18(14)24-17(16)11-3-5-12(20)6-4-11/h3-10H,1-2H3,(H,21,23). The summed E-state index contributed by atoms with van der Waals surface area (Å²) >= 11 is 1.59. The summed E-state index contributed by atoms with van der Waals surface area (Å²) in [7, 11) is 1.58. The van der Waals surface area contributed by atoms with E-state index in [1.54, 1.807) is 31.1 Å². The van der Waals surface area contributed by atoms with Crippen LogP contribution in [0.5, 0.6) is 0 Å². The molecule has 6 heteroatoms. The van der Waals surface area contributed by atoms with Crippen molar-refractivity contribution in [2.75, 3.05) is 13.3 Å². The number of carbonyl (C=O) groups excluding carboxylic acids is 1. The van der Waals surface area contributed by atoms with E-state index in [2.05, 4.69) is 5.32 Å². The van der Waals surface area contributed by atoms with Gasteiger partial charge in [0.2, 0.25) is 0 Å². The molecule has 0 bridgehead atoms. The van der Waals surface area contributed by atoms with Gasteiger partial charge in [-0.05, 0) is 54.4 Å². The van der Waals surface area contributed by atoms with Crippen molar-refractivity contribution in [2.24, 2.45) is 0 Å². The quantitative estimate of drug-likeness (QED) is 0.581. The van der Waals surface area contributed by atoms with Crippen molar-refractivity contribution < 1.29 is 13.6 Å². The number of aromatic nitrogens is 1. The Labute approximate surface area is 147 Å². The second-order valence-electron chi connectivity index (χ2n) is 5.59. The fourth-order valence-corrected chi connectivity index (χ4v) is 3.60. The number of nitrogens with one attached hydrogen (secondary N) is 1. The number of furan rings is 1. The van der Waals surface area contributed by atoms with Gasteiger partial charge in [-0.1, -0.05) is 0 Å². The summed E-state index contributed by atoms with van der Waals surface area (Å²) in [6.07, 6.45) is 3.96. The van der Waals surface area contributed by atoms with E-state index in [1.165, 1.54) is 12.1 Å². The molecule has 0 saturated heterocycles. The first-order valence-corrected chi connectivity index (χ1v) is 8.91. The highest BCUT2D eigenvalue weighted by Crippen LogP contribution is 2.38. The second-order valence-corrected chi connectivity index (χ2v) is 6.35. The van der Waals surface area contributed by atoms with E-state index in [1.807, 2.05) is 34.6 Å². The molecular weight excluding hydrogens is 339 g/mol. The van der Waals surface area contributed by atoms with Crippen LogP contribution in [0.1, 0.15) is 10.4 Å². The molecule has 0 atom stereocenters. The Bertz CT molecular complexity index is 1100. The zero-order chi connectivity index (χ0) is 17.6. The van der Waals surface area contributed by atoms with Crippen LogP contribution in [-0.4, -0.2) is 23.2 Å². The summed E-state index contributed by atoms with van der Waals surface area (Å²) in [5.74, 6) is -0.124. The maximum absolute atomic E-state index is 13.3. The van der Waals surface area contributed by atoms with E-state index in [-0.39, 0.29) is 11.7 Å². The van der Waals surface area contributed by atoms with Crippen LogP contribution in [-0.2, 0) is 0 Å². The summed E-state index contributed by atoms with van der Waals surface area (Å²) in [5.41, 5.74) is 2.79. The first-order valence-electron chi connectivity index (χ1n) is 7.73. The third-order valence-corrected chi connectivity index (χ3v) is 4.96. The summed E-state index contributed by atoms with van der Waals surface area (Å²) < 4.78 is 21.4. The van der Waals surface area contributed by atoms with Crippen LogP contribution in [0.15, 0.2) is 53.1 Å². The van der Waals surface area contributed by atoms with E-state index >= 15 is 0 Å². The lowest BCUT2D eigenvalue weighted by atomic mass is 10.0. The molecule has 0 radical (unpaired) electrons. The van der Waals surface area contributed by atoms with E-state index in [4.69, 9.17) is 4.42 Å². The topological polar surface area (TPSA) is 47.2 Å². The van der Waals surface area contributed by atoms with Crippen molar-refractivity contribution in [3.8, 4) is 11.3 Å². The van der Waals surface area contributed by atoms with Gasteiger partial charge < -0.3 is 9.73 Å². The van der Waals surface area contributed by atoms with Gasteiger partial charge in [-0.2, -0.15) is 0 Å². The molecule has 1 amide bonds. The normalized spacial score (nSPS) is 11.3. The van der Waals surface area contributed by atoms with Crippen molar-refractivity contribution in [1.82, 2.24) is 9.29 Å². The SMILES string of the molecule is CNC(=O)c1c(-c2ccc(F)cc2)oc2c1ccc1c2ccn1SC. The molecule has 0 aliphatic rings. The van der Waals surface area contributed by atoms with Crippen molar-refractivity contribution in [1.29, 1.82) is 0 Å². The fraction of sp³-hybridized carbons (Fsp3) is 0.105. The zero-order valence-electron chi connectivity index (χ0n) is 13.7. The van der Waals surface area contributed by atoms with Crippen molar-refractivity contribution >= 4 is 39.7 Å². The minimum Gasteiger partial charge on any atom is -0.454 e. The molecule has 25 heavy (non-hydrogen) atoms. The summed E-state index contributed by atoms with van der Waals surface area (Å²) in [5, 5.41) is 4.34. The minimum absolute atomic E-state index is 0.235. The molecule has 0 spiro atoms. The maximum atomic E-state index is 13.3. The van der Waals surface area contributed by atoms with Crippen LogP contribution in [0.4, 0.5) is 4.39 Å². The third kappa shape index (κ3) is 2.41. The number of halogens is 1. The van der Waals surface area contributed by atoms with Gasteiger partial charge in [-0.3, -0.25) is 8.77 Å². The van der Waals surface area contributed by atoms with E-state index < -0.39 is 0 Å². The average Bonchev–Trinajstić information content (AvgIpc) is 3.22. The molecule has 2 aromatic carbocycles. The third-order valence-electron chi connectivity index (χ3n) is 4.24. The average molecular weight is 354 g/mol. The summed E-state index contributed by atoms with van der Waals surface area (Å²) in [6.45, 7) is 0. The van der Waals surface area contributed by atoms with Gasteiger partial charge in [0, 0.05) is 35.8 Å². The Hall–Kier alpha value is -2.73. The van der Waals surface area contributed by atoms with Crippen LogP contribution < -0.4 is 5.32 Å². The van der Waals surface area contributed by atoms with Gasteiger partial charge in [-0.15, -0.1) is 0 Å². The molecule has 0 saturated carbocycles. The molecule has 0 aliphatic carbocycles. The molecule has 4 rings (SSSR count). The van der Waals surface area contributed by atoms with E-state index in [9.17, 15) is 9.18 Å². The lowest BCUT2D eigenvalue weighted by Gasteiger charge is -2.02. The first kappa shape index (κ1) is 15.8. The van der Waals surface area contributed by atoms with E-state index in [0.717, 1.165) is 16.3 Å². The number of hydrogen-bond donors (Lipinski definition) is 1. The molecular formula is C19H15FN2O2S. The van der Waals surface area contributed by atoms with Crippen LogP contribution >= 0.6 is 11.9 Å². The molecule has 2 aromatic heterocycles. The number of fused-ring (bicyclic) bond motifs is 3. The number of nitrogens with zero attached hydrogens (tertiary/aromatic N) is 1.